The molecule has 0 aliphatic rings. The van der Waals surface area contributed by atoms with E-state index in [1.165, 1.54) is 19.3 Å². The fourth-order valence-corrected chi connectivity index (χ4v) is 1.50. The number of unbranched alkanes of at least 4 members (excludes halogenated alkanes) is 2. The maximum atomic E-state index is 11.1. The number of rotatable bonds is 7. The van der Waals surface area contributed by atoms with Gasteiger partial charge in [0, 0.05) is 13.0 Å². The van der Waals surface area contributed by atoms with Gasteiger partial charge < -0.3 is 5.32 Å². The lowest BCUT2D eigenvalue weighted by Crippen LogP contribution is -2.23. The van der Waals surface area contributed by atoms with E-state index >= 15 is 0 Å². The monoisotopic (exact) mass is 213 g/mol. The van der Waals surface area contributed by atoms with Gasteiger partial charge in [-0.05, 0) is 24.7 Å². The van der Waals surface area contributed by atoms with Gasteiger partial charge in [-0.25, -0.2) is 0 Å². The predicted molar refractivity (Wildman–Crippen MR) is 65.8 cm³/mol. The average Bonchev–Trinajstić information content (AvgIpc) is 2.09. The van der Waals surface area contributed by atoms with Crippen LogP contribution >= 0.6 is 0 Å². The first-order valence-corrected chi connectivity index (χ1v) is 6.22. The lowest BCUT2D eigenvalue weighted by atomic mass is 9.89. The summed E-state index contributed by atoms with van der Waals surface area (Å²) in [6.07, 6.45) is 6.50. The van der Waals surface area contributed by atoms with Crippen molar-refractivity contribution in [2.45, 2.75) is 66.2 Å². The second kappa shape index (κ2) is 7.72. The molecular formula is C13H27NO. The van der Waals surface area contributed by atoms with Crippen LogP contribution < -0.4 is 5.32 Å². The van der Waals surface area contributed by atoms with Crippen LogP contribution in [0.15, 0.2) is 0 Å². The summed E-state index contributed by atoms with van der Waals surface area (Å²) in [6.45, 7) is 9.70. The van der Waals surface area contributed by atoms with E-state index < -0.39 is 0 Å². The van der Waals surface area contributed by atoms with Crippen LogP contribution in [0.5, 0.6) is 0 Å². The van der Waals surface area contributed by atoms with Gasteiger partial charge in [0.2, 0.25) is 5.91 Å². The summed E-state index contributed by atoms with van der Waals surface area (Å²) in [5.74, 6) is 0.202. The normalized spacial score (nSPS) is 11.5. The van der Waals surface area contributed by atoms with E-state index in [1.54, 1.807) is 0 Å². The van der Waals surface area contributed by atoms with Crippen LogP contribution in [0.25, 0.3) is 0 Å². The van der Waals surface area contributed by atoms with Crippen molar-refractivity contribution in [1.82, 2.24) is 5.32 Å². The van der Waals surface area contributed by atoms with Crippen molar-refractivity contribution in [3.8, 4) is 0 Å². The molecule has 0 radical (unpaired) electrons. The second-order valence-corrected chi connectivity index (χ2v) is 5.47. The standard InChI is InChI=1S/C13H27NO/c1-5-9-12(15)14-11-8-6-7-10-13(2,3)4/h5-11H2,1-4H3,(H,14,15). The SMILES string of the molecule is CCCC(=O)NCCCCCC(C)(C)C. The van der Waals surface area contributed by atoms with E-state index in [0.29, 0.717) is 11.8 Å². The third-order valence-corrected chi connectivity index (χ3v) is 2.40. The summed E-state index contributed by atoms with van der Waals surface area (Å²) in [7, 11) is 0. The van der Waals surface area contributed by atoms with Crippen LogP contribution in [-0.2, 0) is 4.79 Å². The zero-order valence-electron chi connectivity index (χ0n) is 10.9. The van der Waals surface area contributed by atoms with Crippen molar-refractivity contribution in [1.29, 1.82) is 0 Å². The minimum atomic E-state index is 0.202. The lowest BCUT2D eigenvalue weighted by molar-refractivity contribution is -0.121. The van der Waals surface area contributed by atoms with Gasteiger partial charge in [-0.3, -0.25) is 4.79 Å². The molecule has 2 heteroatoms. The zero-order chi connectivity index (χ0) is 11.7. The first-order valence-electron chi connectivity index (χ1n) is 6.22. The van der Waals surface area contributed by atoms with E-state index in [4.69, 9.17) is 0 Å². The first-order chi connectivity index (χ1) is 6.95. The van der Waals surface area contributed by atoms with Crippen LogP contribution in [0, 0.1) is 5.41 Å². The molecule has 2 nitrogen and oxygen atoms in total. The topological polar surface area (TPSA) is 29.1 Å². The average molecular weight is 213 g/mol. The van der Waals surface area contributed by atoms with Gasteiger partial charge in [0.25, 0.3) is 0 Å². The molecule has 0 rings (SSSR count). The highest BCUT2D eigenvalue weighted by Gasteiger charge is 2.08. The molecule has 0 spiro atoms. The van der Waals surface area contributed by atoms with E-state index in [2.05, 4.69) is 26.1 Å². The third kappa shape index (κ3) is 11.4. The quantitative estimate of drug-likeness (QED) is 0.644. The molecule has 1 N–H and O–H groups in total. The van der Waals surface area contributed by atoms with Gasteiger partial charge in [0.15, 0.2) is 0 Å². The van der Waals surface area contributed by atoms with Crippen molar-refractivity contribution in [2.75, 3.05) is 6.54 Å². The summed E-state index contributed by atoms with van der Waals surface area (Å²) in [5, 5.41) is 2.94. The summed E-state index contributed by atoms with van der Waals surface area (Å²) in [4.78, 5) is 11.1. The second-order valence-electron chi connectivity index (χ2n) is 5.47. The molecular weight excluding hydrogens is 186 g/mol. The van der Waals surface area contributed by atoms with Crippen molar-refractivity contribution in [2.24, 2.45) is 5.41 Å². The minimum absolute atomic E-state index is 0.202. The third-order valence-electron chi connectivity index (χ3n) is 2.40. The zero-order valence-corrected chi connectivity index (χ0v) is 10.9. The molecule has 0 aliphatic heterocycles. The van der Waals surface area contributed by atoms with Crippen LogP contribution in [0.1, 0.15) is 66.2 Å². The molecule has 0 saturated heterocycles. The van der Waals surface area contributed by atoms with Crippen molar-refractivity contribution < 1.29 is 4.79 Å². The van der Waals surface area contributed by atoms with Crippen molar-refractivity contribution in [3.05, 3.63) is 0 Å². The van der Waals surface area contributed by atoms with Crippen molar-refractivity contribution in [3.63, 3.8) is 0 Å². The molecule has 0 aromatic carbocycles. The Labute approximate surface area is 94.8 Å². The van der Waals surface area contributed by atoms with Gasteiger partial charge in [0.05, 0.1) is 0 Å². The highest BCUT2D eigenvalue weighted by molar-refractivity contribution is 5.75. The molecule has 0 atom stereocenters. The van der Waals surface area contributed by atoms with E-state index in [0.717, 1.165) is 19.4 Å². The van der Waals surface area contributed by atoms with Gasteiger partial charge in [-0.1, -0.05) is 40.5 Å². The summed E-state index contributed by atoms with van der Waals surface area (Å²) in [5.41, 5.74) is 0.450. The predicted octanol–water partition coefficient (Wildman–Crippen LogP) is 3.51. The summed E-state index contributed by atoms with van der Waals surface area (Å²) < 4.78 is 0. The van der Waals surface area contributed by atoms with E-state index in [9.17, 15) is 4.79 Å². The summed E-state index contributed by atoms with van der Waals surface area (Å²) >= 11 is 0. The first kappa shape index (κ1) is 14.5. The molecule has 0 fully saturated rings. The largest absolute Gasteiger partial charge is 0.356 e. The molecule has 0 unspecified atom stereocenters. The Morgan fingerprint density at radius 2 is 1.80 bits per heavy atom. The van der Waals surface area contributed by atoms with Crippen LogP contribution in [0.3, 0.4) is 0 Å². The number of nitrogens with one attached hydrogen (secondary N) is 1. The molecule has 0 aliphatic carbocycles. The number of amides is 1. The molecule has 15 heavy (non-hydrogen) atoms. The Balaban J connectivity index is 3.22. The van der Waals surface area contributed by atoms with Crippen molar-refractivity contribution >= 4 is 5.91 Å². The maximum Gasteiger partial charge on any atom is 0.219 e. The number of hydrogen-bond acceptors (Lipinski definition) is 1. The number of hydrogen-bond donors (Lipinski definition) is 1. The van der Waals surface area contributed by atoms with Gasteiger partial charge in [-0.15, -0.1) is 0 Å². The summed E-state index contributed by atoms with van der Waals surface area (Å²) in [6, 6.07) is 0. The van der Waals surface area contributed by atoms with Crippen LogP contribution in [-0.4, -0.2) is 12.5 Å². The molecule has 90 valence electrons. The molecule has 0 aromatic heterocycles. The highest BCUT2D eigenvalue weighted by Crippen LogP contribution is 2.21. The molecule has 0 heterocycles. The van der Waals surface area contributed by atoms with Crippen LogP contribution in [0.4, 0.5) is 0 Å². The van der Waals surface area contributed by atoms with E-state index in [-0.39, 0.29) is 5.91 Å². The Bertz CT molecular complexity index is 170. The Morgan fingerprint density at radius 3 is 2.33 bits per heavy atom. The number of carbonyl (C=O) groups excluding carboxylic acids is 1. The van der Waals surface area contributed by atoms with E-state index in [1.807, 2.05) is 6.92 Å². The Hall–Kier alpha value is -0.530. The van der Waals surface area contributed by atoms with Crippen LogP contribution in [0.2, 0.25) is 0 Å². The van der Waals surface area contributed by atoms with Gasteiger partial charge in [0.1, 0.15) is 0 Å². The smallest absolute Gasteiger partial charge is 0.219 e. The maximum absolute atomic E-state index is 11.1. The Kier molecular flexibility index (Phi) is 7.45. The molecule has 0 aromatic rings. The Morgan fingerprint density at radius 1 is 1.13 bits per heavy atom. The van der Waals surface area contributed by atoms with Gasteiger partial charge in [-0.2, -0.15) is 0 Å². The van der Waals surface area contributed by atoms with Gasteiger partial charge >= 0.3 is 0 Å². The lowest BCUT2D eigenvalue weighted by Gasteiger charge is -2.17. The molecule has 0 bridgehead atoms. The fraction of sp³-hybridized carbons (Fsp3) is 0.923. The highest BCUT2D eigenvalue weighted by atomic mass is 16.1. The number of carbonyl (C=O) groups is 1. The molecule has 0 saturated carbocycles. The fourth-order valence-electron chi connectivity index (χ4n) is 1.50. The molecule has 1 amide bonds. The minimum Gasteiger partial charge on any atom is -0.356 e.